The number of aromatic nitrogens is 1. The largest absolute Gasteiger partial charge is 0.379 e. The maximum absolute atomic E-state index is 13.6. The van der Waals surface area contributed by atoms with Crippen LogP contribution in [0.25, 0.3) is 0 Å². The highest BCUT2D eigenvalue weighted by molar-refractivity contribution is 5.92. The minimum Gasteiger partial charge on any atom is -0.379 e. The Morgan fingerprint density at radius 1 is 1.20 bits per heavy atom. The van der Waals surface area contributed by atoms with Crippen molar-refractivity contribution in [2.24, 2.45) is 0 Å². The van der Waals surface area contributed by atoms with Crippen LogP contribution in [0.1, 0.15) is 21.6 Å². The molecule has 25 heavy (non-hydrogen) atoms. The molecule has 1 aromatic carbocycles. The first kappa shape index (κ1) is 17.4. The highest BCUT2D eigenvalue weighted by Gasteiger charge is 2.16. The van der Waals surface area contributed by atoms with Crippen molar-refractivity contribution in [3.05, 3.63) is 65.0 Å². The molecule has 1 fully saturated rings. The lowest BCUT2D eigenvalue weighted by Crippen LogP contribution is -2.36. The van der Waals surface area contributed by atoms with Crippen LogP contribution in [-0.4, -0.2) is 42.1 Å². The van der Waals surface area contributed by atoms with E-state index in [0.717, 1.165) is 37.0 Å². The Morgan fingerprint density at radius 3 is 2.64 bits per heavy atom. The standard InChI is InChI=1S/C18H19F2N3O2/c19-15-9-16(20)17(21-11-15)18(24)22-10-13-3-1-2-4-14(13)12-23-5-7-25-8-6-23/h1-4,9,11H,5-8,10,12H2,(H,22,24). The summed E-state index contributed by atoms with van der Waals surface area (Å²) in [6.45, 7) is 4.18. The van der Waals surface area contributed by atoms with E-state index in [1.54, 1.807) is 0 Å². The van der Waals surface area contributed by atoms with E-state index in [9.17, 15) is 13.6 Å². The molecule has 1 saturated heterocycles. The van der Waals surface area contributed by atoms with Crippen LogP contribution in [0.4, 0.5) is 8.78 Å². The lowest BCUT2D eigenvalue weighted by Gasteiger charge is -2.27. The van der Waals surface area contributed by atoms with Crippen molar-refractivity contribution in [3.8, 4) is 0 Å². The number of nitrogens with one attached hydrogen (secondary N) is 1. The molecule has 5 nitrogen and oxygen atoms in total. The van der Waals surface area contributed by atoms with Gasteiger partial charge in [0.05, 0.1) is 19.4 Å². The quantitative estimate of drug-likeness (QED) is 0.900. The van der Waals surface area contributed by atoms with Crippen molar-refractivity contribution >= 4 is 5.91 Å². The molecule has 1 aromatic heterocycles. The number of carbonyl (C=O) groups is 1. The molecule has 1 amide bonds. The number of hydrogen-bond acceptors (Lipinski definition) is 4. The van der Waals surface area contributed by atoms with E-state index in [-0.39, 0.29) is 6.54 Å². The predicted octanol–water partition coefficient (Wildman–Crippen LogP) is 2.12. The number of benzene rings is 1. The Labute approximate surface area is 144 Å². The van der Waals surface area contributed by atoms with Crippen LogP contribution in [0.2, 0.25) is 0 Å². The second kappa shape index (κ2) is 8.13. The number of ether oxygens (including phenoxy) is 1. The van der Waals surface area contributed by atoms with Gasteiger partial charge in [-0.25, -0.2) is 13.8 Å². The Balaban J connectivity index is 1.65. The first-order valence-electron chi connectivity index (χ1n) is 8.09. The summed E-state index contributed by atoms with van der Waals surface area (Å²) in [5, 5.41) is 2.65. The molecule has 1 N–H and O–H groups in total. The third-order valence-corrected chi connectivity index (χ3v) is 4.08. The Morgan fingerprint density at radius 2 is 1.92 bits per heavy atom. The summed E-state index contributed by atoms with van der Waals surface area (Å²) in [4.78, 5) is 17.9. The Hall–Kier alpha value is -2.38. The topological polar surface area (TPSA) is 54.5 Å². The summed E-state index contributed by atoms with van der Waals surface area (Å²) >= 11 is 0. The normalized spacial score (nSPS) is 15.1. The predicted molar refractivity (Wildman–Crippen MR) is 87.9 cm³/mol. The maximum Gasteiger partial charge on any atom is 0.273 e. The molecule has 0 radical (unpaired) electrons. The molecule has 0 saturated carbocycles. The highest BCUT2D eigenvalue weighted by Crippen LogP contribution is 2.13. The summed E-state index contributed by atoms with van der Waals surface area (Å²) < 4.78 is 31.9. The number of morpholine rings is 1. The lowest BCUT2D eigenvalue weighted by molar-refractivity contribution is 0.0340. The summed E-state index contributed by atoms with van der Waals surface area (Å²) in [5.74, 6) is -2.46. The molecule has 3 rings (SSSR count). The summed E-state index contributed by atoms with van der Waals surface area (Å²) in [6, 6.07) is 8.41. The van der Waals surface area contributed by atoms with Gasteiger partial charge in [-0.3, -0.25) is 9.69 Å². The molecule has 0 bridgehead atoms. The molecule has 1 aliphatic rings. The van der Waals surface area contributed by atoms with Gasteiger partial charge < -0.3 is 10.1 Å². The number of carbonyl (C=O) groups excluding carboxylic acids is 1. The van der Waals surface area contributed by atoms with E-state index in [1.807, 2.05) is 24.3 Å². The van der Waals surface area contributed by atoms with Crippen LogP contribution in [-0.2, 0) is 17.8 Å². The van der Waals surface area contributed by atoms with Crippen LogP contribution in [0, 0.1) is 11.6 Å². The van der Waals surface area contributed by atoms with E-state index in [4.69, 9.17) is 4.74 Å². The van der Waals surface area contributed by atoms with Crippen LogP contribution >= 0.6 is 0 Å². The first-order chi connectivity index (χ1) is 12.1. The SMILES string of the molecule is O=C(NCc1ccccc1CN1CCOCC1)c1ncc(F)cc1F. The van der Waals surface area contributed by atoms with Crippen molar-refractivity contribution in [2.45, 2.75) is 13.1 Å². The molecule has 1 aliphatic heterocycles. The highest BCUT2D eigenvalue weighted by atomic mass is 19.1. The average Bonchev–Trinajstić information content (AvgIpc) is 2.61. The van der Waals surface area contributed by atoms with Gasteiger partial charge in [-0.15, -0.1) is 0 Å². The van der Waals surface area contributed by atoms with Crippen molar-refractivity contribution < 1.29 is 18.3 Å². The summed E-state index contributed by atoms with van der Waals surface area (Å²) in [7, 11) is 0. The van der Waals surface area contributed by atoms with Crippen molar-refractivity contribution in [2.75, 3.05) is 26.3 Å². The number of hydrogen-bond donors (Lipinski definition) is 1. The fourth-order valence-corrected chi connectivity index (χ4v) is 2.73. The maximum atomic E-state index is 13.6. The van der Waals surface area contributed by atoms with Gasteiger partial charge in [0.25, 0.3) is 5.91 Å². The van der Waals surface area contributed by atoms with Crippen LogP contribution in [0.5, 0.6) is 0 Å². The second-order valence-electron chi connectivity index (χ2n) is 5.82. The molecule has 7 heteroatoms. The number of rotatable bonds is 5. The van der Waals surface area contributed by atoms with Crippen molar-refractivity contribution in [1.82, 2.24) is 15.2 Å². The minimum atomic E-state index is -0.973. The smallest absolute Gasteiger partial charge is 0.273 e. The summed E-state index contributed by atoms with van der Waals surface area (Å²) in [5.41, 5.74) is 1.63. The van der Waals surface area contributed by atoms with Crippen molar-refractivity contribution in [3.63, 3.8) is 0 Å². The molecular weight excluding hydrogens is 328 g/mol. The van der Waals surface area contributed by atoms with Gasteiger partial charge in [-0.05, 0) is 11.1 Å². The van der Waals surface area contributed by atoms with E-state index in [1.165, 1.54) is 0 Å². The van der Waals surface area contributed by atoms with Gasteiger partial charge in [0.1, 0.15) is 5.82 Å². The van der Waals surface area contributed by atoms with Crippen LogP contribution in [0.3, 0.4) is 0 Å². The molecule has 0 unspecified atom stereocenters. The Kier molecular flexibility index (Phi) is 5.67. The zero-order valence-corrected chi connectivity index (χ0v) is 13.7. The van der Waals surface area contributed by atoms with E-state index < -0.39 is 23.2 Å². The van der Waals surface area contributed by atoms with Gasteiger partial charge in [0.15, 0.2) is 11.5 Å². The molecule has 0 aliphatic carbocycles. The van der Waals surface area contributed by atoms with Crippen LogP contribution < -0.4 is 5.32 Å². The molecule has 0 atom stereocenters. The van der Waals surface area contributed by atoms with E-state index >= 15 is 0 Å². The number of pyridine rings is 1. The monoisotopic (exact) mass is 347 g/mol. The van der Waals surface area contributed by atoms with Gasteiger partial charge in [-0.1, -0.05) is 24.3 Å². The zero-order chi connectivity index (χ0) is 17.6. The molecule has 0 spiro atoms. The average molecular weight is 347 g/mol. The number of amides is 1. The van der Waals surface area contributed by atoms with E-state index in [0.29, 0.717) is 19.3 Å². The minimum absolute atomic E-state index is 0.248. The van der Waals surface area contributed by atoms with Gasteiger partial charge in [-0.2, -0.15) is 0 Å². The number of nitrogens with zero attached hydrogens (tertiary/aromatic N) is 2. The molecular formula is C18H19F2N3O2. The first-order valence-corrected chi connectivity index (χ1v) is 8.09. The molecule has 132 valence electrons. The van der Waals surface area contributed by atoms with Gasteiger partial charge in [0.2, 0.25) is 0 Å². The van der Waals surface area contributed by atoms with Gasteiger partial charge >= 0.3 is 0 Å². The number of halogens is 2. The third kappa shape index (κ3) is 4.58. The third-order valence-electron chi connectivity index (χ3n) is 4.08. The van der Waals surface area contributed by atoms with Crippen molar-refractivity contribution in [1.29, 1.82) is 0 Å². The zero-order valence-electron chi connectivity index (χ0n) is 13.7. The van der Waals surface area contributed by atoms with E-state index in [2.05, 4.69) is 15.2 Å². The second-order valence-corrected chi connectivity index (χ2v) is 5.82. The molecule has 2 aromatic rings. The fourth-order valence-electron chi connectivity index (χ4n) is 2.73. The molecule has 2 heterocycles. The Bertz CT molecular complexity index is 749. The van der Waals surface area contributed by atoms with Gasteiger partial charge in [0, 0.05) is 32.2 Å². The lowest BCUT2D eigenvalue weighted by atomic mass is 10.1. The fraction of sp³-hybridized carbons (Fsp3) is 0.333. The summed E-state index contributed by atoms with van der Waals surface area (Å²) in [6.07, 6.45) is 0.824. The van der Waals surface area contributed by atoms with Crippen LogP contribution in [0.15, 0.2) is 36.5 Å².